The minimum absolute atomic E-state index is 0.197. The number of nitrogens with one attached hydrogen (secondary N) is 3. The van der Waals surface area contributed by atoms with Crippen LogP contribution in [0.3, 0.4) is 0 Å². The van der Waals surface area contributed by atoms with Crippen molar-refractivity contribution in [2.75, 3.05) is 18.9 Å². The summed E-state index contributed by atoms with van der Waals surface area (Å²) in [7, 11) is 1.41. The number of carbonyl (C=O) groups is 2. The van der Waals surface area contributed by atoms with E-state index in [2.05, 4.69) is 16.0 Å². The highest BCUT2D eigenvalue weighted by Gasteiger charge is 2.29. The summed E-state index contributed by atoms with van der Waals surface area (Å²) in [5, 5.41) is 6.85. The molecule has 0 saturated heterocycles. The molecule has 8 heteroatoms. The summed E-state index contributed by atoms with van der Waals surface area (Å²) < 4.78 is 36.9. The standard InChI is InChI=1S/C11H12F3N3O2/c1-15-9(18)6-16-10(19)17-8-4-2-7(3-5-8)11(12,13)14/h2-5H,6H2,1H3,(H,15,18)(H2,16,17,19). The van der Waals surface area contributed by atoms with Crippen LogP contribution >= 0.6 is 0 Å². The number of benzene rings is 1. The molecule has 0 aliphatic carbocycles. The molecule has 19 heavy (non-hydrogen) atoms. The fourth-order valence-corrected chi connectivity index (χ4v) is 1.17. The van der Waals surface area contributed by atoms with E-state index in [1.807, 2.05) is 0 Å². The van der Waals surface area contributed by atoms with Crippen LogP contribution in [0.5, 0.6) is 0 Å². The molecular formula is C11H12F3N3O2. The van der Waals surface area contributed by atoms with Gasteiger partial charge in [0.25, 0.3) is 0 Å². The van der Waals surface area contributed by atoms with Gasteiger partial charge in [0.05, 0.1) is 12.1 Å². The lowest BCUT2D eigenvalue weighted by molar-refractivity contribution is -0.137. The quantitative estimate of drug-likeness (QED) is 0.783. The molecule has 0 fully saturated rings. The molecule has 104 valence electrons. The van der Waals surface area contributed by atoms with E-state index >= 15 is 0 Å². The van der Waals surface area contributed by atoms with Gasteiger partial charge in [0.15, 0.2) is 0 Å². The van der Waals surface area contributed by atoms with Gasteiger partial charge in [0.1, 0.15) is 0 Å². The molecule has 0 aliphatic rings. The molecule has 0 saturated carbocycles. The molecule has 5 nitrogen and oxygen atoms in total. The highest BCUT2D eigenvalue weighted by molar-refractivity contribution is 5.92. The summed E-state index contributed by atoms with van der Waals surface area (Å²) in [5.41, 5.74) is -0.605. The molecule has 1 aromatic carbocycles. The second-order valence-electron chi connectivity index (χ2n) is 3.56. The van der Waals surface area contributed by atoms with Crippen molar-refractivity contribution in [2.24, 2.45) is 0 Å². The van der Waals surface area contributed by atoms with Crippen molar-refractivity contribution < 1.29 is 22.8 Å². The van der Waals surface area contributed by atoms with Gasteiger partial charge in [-0.1, -0.05) is 0 Å². The third kappa shape index (κ3) is 4.86. The van der Waals surface area contributed by atoms with Gasteiger partial charge in [0.2, 0.25) is 5.91 Å². The molecule has 0 atom stereocenters. The first kappa shape index (κ1) is 14.8. The van der Waals surface area contributed by atoms with Crippen LogP contribution in [-0.4, -0.2) is 25.5 Å². The van der Waals surface area contributed by atoms with Crippen molar-refractivity contribution in [2.45, 2.75) is 6.18 Å². The van der Waals surface area contributed by atoms with Gasteiger partial charge in [-0.05, 0) is 24.3 Å². The van der Waals surface area contributed by atoms with E-state index in [9.17, 15) is 22.8 Å². The van der Waals surface area contributed by atoms with E-state index in [1.165, 1.54) is 7.05 Å². The third-order valence-corrected chi connectivity index (χ3v) is 2.16. The topological polar surface area (TPSA) is 70.2 Å². The van der Waals surface area contributed by atoms with Crippen LogP contribution in [0.4, 0.5) is 23.7 Å². The van der Waals surface area contributed by atoms with Crippen molar-refractivity contribution in [1.82, 2.24) is 10.6 Å². The van der Waals surface area contributed by atoms with Crippen LogP contribution in [0.2, 0.25) is 0 Å². The third-order valence-electron chi connectivity index (χ3n) is 2.16. The summed E-state index contributed by atoms with van der Waals surface area (Å²) in [6.07, 6.45) is -4.42. The molecule has 0 bridgehead atoms. The van der Waals surface area contributed by atoms with Crippen LogP contribution in [0.1, 0.15) is 5.56 Å². The summed E-state index contributed by atoms with van der Waals surface area (Å²) in [4.78, 5) is 22.1. The number of rotatable bonds is 3. The normalized spacial score (nSPS) is 10.7. The zero-order valence-corrected chi connectivity index (χ0v) is 9.97. The zero-order chi connectivity index (χ0) is 14.5. The van der Waals surface area contributed by atoms with Crippen molar-refractivity contribution in [3.05, 3.63) is 29.8 Å². The first-order chi connectivity index (χ1) is 8.82. The van der Waals surface area contributed by atoms with Gasteiger partial charge < -0.3 is 16.0 Å². The largest absolute Gasteiger partial charge is 0.416 e. The molecule has 0 aliphatic heterocycles. The number of alkyl halides is 3. The van der Waals surface area contributed by atoms with E-state index in [0.717, 1.165) is 24.3 Å². The number of carbonyl (C=O) groups excluding carboxylic acids is 2. The average molecular weight is 275 g/mol. The Balaban J connectivity index is 2.54. The Kier molecular flexibility index (Phi) is 4.74. The second kappa shape index (κ2) is 6.07. The Hall–Kier alpha value is -2.25. The first-order valence-electron chi connectivity index (χ1n) is 5.25. The van der Waals surface area contributed by atoms with Crippen LogP contribution in [-0.2, 0) is 11.0 Å². The fourth-order valence-electron chi connectivity index (χ4n) is 1.17. The van der Waals surface area contributed by atoms with Gasteiger partial charge in [-0.15, -0.1) is 0 Å². The lowest BCUT2D eigenvalue weighted by atomic mass is 10.2. The minimum atomic E-state index is -4.42. The maximum atomic E-state index is 12.3. The molecule has 0 aromatic heterocycles. The lowest BCUT2D eigenvalue weighted by Gasteiger charge is -2.09. The summed E-state index contributed by atoms with van der Waals surface area (Å²) >= 11 is 0. The number of hydrogen-bond donors (Lipinski definition) is 3. The summed E-state index contributed by atoms with van der Waals surface area (Å²) in [6.45, 7) is -0.219. The lowest BCUT2D eigenvalue weighted by Crippen LogP contribution is -2.37. The molecular weight excluding hydrogens is 263 g/mol. The Morgan fingerprint density at radius 1 is 1.16 bits per heavy atom. The highest BCUT2D eigenvalue weighted by Crippen LogP contribution is 2.29. The zero-order valence-electron chi connectivity index (χ0n) is 9.97. The fraction of sp³-hybridized carbons (Fsp3) is 0.273. The molecule has 3 amide bonds. The highest BCUT2D eigenvalue weighted by atomic mass is 19.4. The van der Waals surface area contributed by atoms with Crippen LogP contribution in [0.25, 0.3) is 0 Å². The van der Waals surface area contributed by atoms with E-state index < -0.39 is 17.8 Å². The molecule has 0 unspecified atom stereocenters. The van der Waals surface area contributed by atoms with Gasteiger partial charge in [-0.3, -0.25) is 4.79 Å². The number of hydrogen-bond acceptors (Lipinski definition) is 2. The maximum absolute atomic E-state index is 12.3. The van der Waals surface area contributed by atoms with E-state index in [1.54, 1.807) is 0 Å². The SMILES string of the molecule is CNC(=O)CNC(=O)Nc1ccc(C(F)(F)F)cc1. The van der Waals surface area contributed by atoms with Gasteiger partial charge >= 0.3 is 12.2 Å². The Morgan fingerprint density at radius 3 is 2.21 bits per heavy atom. The first-order valence-corrected chi connectivity index (χ1v) is 5.25. The Morgan fingerprint density at radius 2 is 1.74 bits per heavy atom. The smallest absolute Gasteiger partial charge is 0.358 e. The number of anilines is 1. The number of halogens is 3. The van der Waals surface area contributed by atoms with Crippen molar-refractivity contribution in [3.8, 4) is 0 Å². The summed E-state index contributed by atoms with van der Waals surface area (Å²) in [5.74, 6) is -0.387. The Bertz CT molecular complexity index is 457. The number of likely N-dealkylation sites (N-methyl/N-ethyl adjacent to an activating group) is 1. The van der Waals surface area contributed by atoms with Crippen molar-refractivity contribution in [1.29, 1.82) is 0 Å². The predicted molar refractivity (Wildman–Crippen MR) is 62.5 cm³/mol. The number of urea groups is 1. The van der Waals surface area contributed by atoms with Gasteiger partial charge in [-0.2, -0.15) is 13.2 Å². The maximum Gasteiger partial charge on any atom is 0.416 e. The molecule has 1 aromatic rings. The average Bonchev–Trinajstić information content (AvgIpc) is 2.35. The molecule has 0 spiro atoms. The van der Waals surface area contributed by atoms with Gasteiger partial charge in [0, 0.05) is 12.7 Å². The molecule has 0 radical (unpaired) electrons. The molecule has 0 heterocycles. The van der Waals surface area contributed by atoms with E-state index in [4.69, 9.17) is 0 Å². The van der Waals surface area contributed by atoms with Crippen LogP contribution in [0.15, 0.2) is 24.3 Å². The van der Waals surface area contributed by atoms with Crippen molar-refractivity contribution >= 4 is 17.6 Å². The van der Waals surface area contributed by atoms with E-state index in [-0.39, 0.29) is 18.1 Å². The second-order valence-corrected chi connectivity index (χ2v) is 3.56. The Labute approximate surface area is 107 Å². The van der Waals surface area contributed by atoms with Crippen LogP contribution < -0.4 is 16.0 Å². The van der Waals surface area contributed by atoms with Crippen LogP contribution in [0, 0.1) is 0 Å². The molecule has 3 N–H and O–H groups in total. The van der Waals surface area contributed by atoms with Gasteiger partial charge in [-0.25, -0.2) is 4.79 Å². The summed E-state index contributed by atoms with van der Waals surface area (Å²) in [6, 6.07) is 3.29. The van der Waals surface area contributed by atoms with E-state index in [0.29, 0.717) is 0 Å². The minimum Gasteiger partial charge on any atom is -0.358 e. The van der Waals surface area contributed by atoms with Crippen molar-refractivity contribution in [3.63, 3.8) is 0 Å². The molecule has 1 rings (SSSR count). The predicted octanol–water partition coefficient (Wildman–Crippen LogP) is 1.57. The number of amides is 3. The monoisotopic (exact) mass is 275 g/mol.